The van der Waals surface area contributed by atoms with Crippen molar-refractivity contribution in [2.45, 2.75) is 38.8 Å². The molecule has 19 heavy (non-hydrogen) atoms. The molecule has 0 aliphatic carbocycles. The summed E-state index contributed by atoms with van der Waals surface area (Å²) in [6.07, 6.45) is 2.01. The van der Waals surface area contributed by atoms with E-state index in [-0.39, 0.29) is 18.0 Å². The van der Waals surface area contributed by atoms with Crippen LogP contribution in [-0.2, 0) is 4.74 Å². The lowest BCUT2D eigenvalue weighted by Gasteiger charge is -2.28. The fraction of sp³-hybridized carbons (Fsp3) is 0.692. The molecule has 3 N–H and O–H groups in total. The van der Waals surface area contributed by atoms with Gasteiger partial charge in [0.15, 0.2) is 0 Å². The van der Waals surface area contributed by atoms with Crippen molar-refractivity contribution >= 4 is 17.2 Å². The Hall–Kier alpha value is -0.980. The van der Waals surface area contributed by atoms with Crippen molar-refractivity contribution in [3.63, 3.8) is 0 Å². The van der Waals surface area contributed by atoms with Crippen molar-refractivity contribution in [1.82, 2.24) is 10.3 Å². The molecule has 2 unspecified atom stereocenters. The summed E-state index contributed by atoms with van der Waals surface area (Å²) < 4.78 is 5.33. The first-order valence-corrected chi connectivity index (χ1v) is 7.55. The summed E-state index contributed by atoms with van der Waals surface area (Å²) >= 11 is 1.43. The van der Waals surface area contributed by atoms with E-state index in [9.17, 15) is 4.79 Å². The van der Waals surface area contributed by atoms with Crippen LogP contribution in [0.1, 0.15) is 48.2 Å². The molecule has 106 valence electrons. The molecule has 1 saturated heterocycles. The van der Waals surface area contributed by atoms with Crippen molar-refractivity contribution in [3.05, 3.63) is 16.1 Å². The first-order chi connectivity index (χ1) is 9.08. The molecule has 6 heteroatoms. The number of carbonyl (C=O) groups is 1. The van der Waals surface area contributed by atoms with Gasteiger partial charge in [-0.1, -0.05) is 0 Å². The summed E-state index contributed by atoms with van der Waals surface area (Å²) in [5.74, 6) is 0.381. The van der Waals surface area contributed by atoms with Crippen molar-refractivity contribution < 1.29 is 9.53 Å². The van der Waals surface area contributed by atoms with Gasteiger partial charge in [-0.25, -0.2) is 4.98 Å². The summed E-state index contributed by atoms with van der Waals surface area (Å²) in [7, 11) is 0. The minimum absolute atomic E-state index is 0.109. The first-order valence-electron chi connectivity index (χ1n) is 6.67. The molecular formula is C13H21N3O2S. The van der Waals surface area contributed by atoms with E-state index in [0.717, 1.165) is 31.1 Å². The number of hydrogen-bond donors (Lipinski definition) is 2. The van der Waals surface area contributed by atoms with E-state index in [1.54, 1.807) is 5.38 Å². The fourth-order valence-corrected chi connectivity index (χ4v) is 2.97. The summed E-state index contributed by atoms with van der Waals surface area (Å²) in [5, 5.41) is 5.59. The number of nitrogens with zero attached hydrogens (tertiary/aromatic N) is 1. The largest absolute Gasteiger partial charge is 0.381 e. The molecule has 1 aromatic heterocycles. The van der Waals surface area contributed by atoms with Crippen LogP contribution >= 0.6 is 11.3 Å². The molecule has 1 aliphatic rings. The number of ether oxygens (including phenoxy) is 1. The second kappa shape index (κ2) is 6.45. The Kier molecular flexibility index (Phi) is 4.90. The van der Waals surface area contributed by atoms with Gasteiger partial charge in [0, 0.05) is 24.6 Å². The Bertz CT molecular complexity index is 427. The summed E-state index contributed by atoms with van der Waals surface area (Å²) in [6.45, 7) is 5.49. The van der Waals surface area contributed by atoms with Gasteiger partial charge in [-0.05, 0) is 32.6 Å². The molecule has 2 heterocycles. The maximum Gasteiger partial charge on any atom is 0.270 e. The minimum atomic E-state index is -0.125. The van der Waals surface area contributed by atoms with Crippen LogP contribution in [0, 0.1) is 5.92 Å². The highest BCUT2D eigenvalue weighted by molar-refractivity contribution is 7.09. The number of nitrogens with two attached hydrogens (primary N) is 1. The lowest BCUT2D eigenvalue weighted by atomic mass is 9.93. The van der Waals surface area contributed by atoms with Crippen molar-refractivity contribution in [2.24, 2.45) is 11.7 Å². The summed E-state index contributed by atoms with van der Waals surface area (Å²) in [5.41, 5.74) is 6.22. The van der Waals surface area contributed by atoms with Crippen LogP contribution in [-0.4, -0.2) is 30.1 Å². The van der Waals surface area contributed by atoms with E-state index in [2.05, 4.69) is 10.3 Å². The number of amides is 1. The fourth-order valence-electron chi connectivity index (χ4n) is 2.22. The molecule has 1 aliphatic heterocycles. The van der Waals surface area contributed by atoms with Crippen LogP contribution in [0.5, 0.6) is 0 Å². The number of hydrogen-bond acceptors (Lipinski definition) is 5. The third-order valence-electron chi connectivity index (χ3n) is 3.48. The van der Waals surface area contributed by atoms with E-state index in [4.69, 9.17) is 10.5 Å². The van der Waals surface area contributed by atoms with E-state index in [1.807, 2.05) is 13.8 Å². The zero-order valence-electron chi connectivity index (χ0n) is 11.4. The zero-order valence-corrected chi connectivity index (χ0v) is 12.2. The molecule has 0 radical (unpaired) electrons. The predicted octanol–water partition coefficient (Wildman–Crippen LogP) is 1.71. The lowest BCUT2D eigenvalue weighted by Crippen LogP contribution is -2.40. The maximum atomic E-state index is 12.1. The SMILES string of the molecule is CC(N)c1nc(C(=O)NC(C)C2CCOCC2)cs1. The van der Waals surface area contributed by atoms with Crippen molar-refractivity contribution in [1.29, 1.82) is 0 Å². The quantitative estimate of drug-likeness (QED) is 0.882. The minimum Gasteiger partial charge on any atom is -0.381 e. The van der Waals surface area contributed by atoms with Crippen LogP contribution in [0.4, 0.5) is 0 Å². The van der Waals surface area contributed by atoms with Gasteiger partial charge >= 0.3 is 0 Å². The van der Waals surface area contributed by atoms with Crippen molar-refractivity contribution in [2.75, 3.05) is 13.2 Å². The average Bonchev–Trinajstić information content (AvgIpc) is 2.89. The molecule has 0 spiro atoms. The van der Waals surface area contributed by atoms with Crippen LogP contribution in [0.15, 0.2) is 5.38 Å². The Balaban J connectivity index is 1.91. The van der Waals surface area contributed by atoms with Crippen LogP contribution in [0.25, 0.3) is 0 Å². The molecule has 1 aromatic rings. The predicted molar refractivity (Wildman–Crippen MR) is 75.2 cm³/mol. The van der Waals surface area contributed by atoms with E-state index >= 15 is 0 Å². The number of thiazole rings is 1. The van der Waals surface area contributed by atoms with Gasteiger partial charge in [0.2, 0.25) is 0 Å². The Morgan fingerprint density at radius 3 is 2.79 bits per heavy atom. The third-order valence-corrected chi connectivity index (χ3v) is 4.52. The first kappa shape index (κ1) is 14.4. The molecular weight excluding hydrogens is 262 g/mol. The molecule has 0 saturated carbocycles. The Labute approximate surface area is 117 Å². The van der Waals surface area contributed by atoms with Crippen molar-refractivity contribution in [3.8, 4) is 0 Å². The molecule has 1 amide bonds. The van der Waals surface area contributed by atoms with Gasteiger partial charge in [-0.3, -0.25) is 4.79 Å². The molecule has 2 atom stereocenters. The van der Waals surface area contributed by atoms with Gasteiger partial charge in [0.1, 0.15) is 10.7 Å². The monoisotopic (exact) mass is 283 g/mol. The van der Waals surface area contributed by atoms with Gasteiger partial charge < -0.3 is 15.8 Å². The van der Waals surface area contributed by atoms with E-state index in [0.29, 0.717) is 11.6 Å². The molecule has 5 nitrogen and oxygen atoms in total. The summed E-state index contributed by atoms with van der Waals surface area (Å²) in [6, 6.07) is 0.0244. The number of carbonyl (C=O) groups excluding carboxylic acids is 1. The zero-order chi connectivity index (χ0) is 13.8. The standard InChI is InChI=1S/C13H21N3O2S/c1-8(14)13-16-11(7-19-13)12(17)15-9(2)10-3-5-18-6-4-10/h7-10H,3-6,14H2,1-2H3,(H,15,17). The summed E-state index contributed by atoms with van der Waals surface area (Å²) in [4.78, 5) is 16.4. The second-order valence-corrected chi connectivity index (χ2v) is 5.96. The van der Waals surface area contributed by atoms with Gasteiger partial charge in [0.05, 0.1) is 6.04 Å². The van der Waals surface area contributed by atoms with Crippen LogP contribution in [0.2, 0.25) is 0 Å². The highest BCUT2D eigenvalue weighted by atomic mass is 32.1. The topological polar surface area (TPSA) is 77.2 Å². The Morgan fingerprint density at radius 2 is 2.21 bits per heavy atom. The smallest absolute Gasteiger partial charge is 0.270 e. The second-order valence-electron chi connectivity index (χ2n) is 5.07. The van der Waals surface area contributed by atoms with Crippen LogP contribution in [0.3, 0.4) is 0 Å². The lowest BCUT2D eigenvalue weighted by molar-refractivity contribution is 0.0537. The average molecular weight is 283 g/mol. The van der Waals surface area contributed by atoms with E-state index < -0.39 is 0 Å². The highest BCUT2D eigenvalue weighted by Crippen LogP contribution is 2.20. The van der Waals surface area contributed by atoms with Gasteiger partial charge in [0.25, 0.3) is 5.91 Å². The molecule has 0 aromatic carbocycles. The maximum absolute atomic E-state index is 12.1. The van der Waals surface area contributed by atoms with Gasteiger partial charge in [-0.2, -0.15) is 0 Å². The normalized spacial score (nSPS) is 19.9. The molecule has 1 fully saturated rings. The highest BCUT2D eigenvalue weighted by Gasteiger charge is 2.23. The molecule has 2 rings (SSSR count). The number of nitrogens with one attached hydrogen (secondary N) is 1. The number of rotatable bonds is 4. The Morgan fingerprint density at radius 1 is 1.53 bits per heavy atom. The van der Waals surface area contributed by atoms with Gasteiger partial charge in [-0.15, -0.1) is 11.3 Å². The van der Waals surface area contributed by atoms with E-state index in [1.165, 1.54) is 11.3 Å². The third kappa shape index (κ3) is 3.75. The molecule has 0 bridgehead atoms. The van der Waals surface area contributed by atoms with Crippen LogP contribution < -0.4 is 11.1 Å². The number of aromatic nitrogens is 1.